The van der Waals surface area contributed by atoms with E-state index in [1.165, 1.54) is 48.6 Å². The maximum atomic E-state index is 5.42. The van der Waals surface area contributed by atoms with Crippen molar-refractivity contribution in [3.05, 3.63) is 235 Å². The highest BCUT2D eigenvalue weighted by Gasteiger charge is 2.50. The highest BCUT2D eigenvalue weighted by molar-refractivity contribution is 7.99. The molecule has 4 heteroatoms. The summed E-state index contributed by atoms with van der Waals surface area (Å²) >= 11 is 1.88. The van der Waals surface area contributed by atoms with Crippen molar-refractivity contribution in [1.82, 2.24) is 15.0 Å². The van der Waals surface area contributed by atoms with Crippen molar-refractivity contribution in [3.63, 3.8) is 0 Å². The van der Waals surface area contributed by atoms with Gasteiger partial charge < -0.3 is 0 Å². The van der Waals surface area contributed by atoms with E-state index in [0.717, 1.165) is 72.2 Å². The van der Waals surface area contributed by atoms with Gasteiger partial charge in [0, 0.05) is 37.3 Å². The summed E-state index contributed by atoms with van der Waals surface area (Å²) in [5, 5.41) is 3.52. The van der Waals surface area contributed by atoms with Crippen molar-refractivity contribution < 1.29 is 0 Å². The van der Waals surface area contributed by atoms with Crippen LogP contribution in [0.1, 0.15) is 22.3 Å². The summed E-state index contributed by atoms with van der Waals surface area (Å²) in [4.78, 5) is 18.5. The molecule has 0 saturated carbocycles. The highest BCUT2D eigenvalue weighted by atomic mass is 32.2. The fourth-order valence-electron chi connectivity index (χ4n) is 10.2. The van der Waals surface area contributed by atoms with Gasteiger partial charge in [-0.3, -0.25) is 0 Å². The Kier molecular flexibility index (Phi) is 7.75. The molecule has 288 valence electrons. The van der Waals surface area contributed by atoms with E-state index in [9.17, 15) is 0 Å². The Morgan fingerprint density at radius 3 is 1.53 bits per heavy atom. The first-order chi connectivity index (χ1) is 30.7. The van der Waals surface area contributed by atoms with Crippen LogP contribution in [0.3, 0.4) is 0 Å². The van der Waals surface area contributed by atoms with Gasteiger partial charge in [0.05, 0.1) is 39.0 Å². The zero-order valence-electron chi connectivity index (χ0n) is 33.5. The second-order valence-electron chi connectivity index (χ2n) is 16.2. The van der Waals surface area contributed by atoms with Crippen LogP contribution in [0.15, 0.2) is 222 Å². The minimum atomic E-state index is -0.444. The van der Waals surface area contributed by atoms with Crippen molar-refractivity contribution in [3.8, 4) is 56.0 Å². The molecule has 0 N–H and O–H groups in total. The van der Waals surface area contributed by atoms with E-state index in [0.29, 0.717) is 0 Å². The topological polar surface area (TPSA) is 38.7 Å². The molecule has 2 aromatic heterocycles. The Bertz CT molecular complexity index is 3550. The van der Waals surface area contributed by atoms with E-state index in [1.54, 1.807) is 0 Å². The van der Waals surface area contributed by atoms with Crippen LogP contribution in [-0.4, -0.2) is 15.0 Å². The molecule has 0 amide bonds. The first kappa shape index (κ1) is 35.1. The number of hydrogen-bond acceptors (Lipinski definition) is 4. The molecule has 0 unspecified atom stereocenters. The summed E-state index contributed by atoms with van der Waals surface area (Å²) in [5.74, 6) is 0. The van der Waals surface area contributed by atoms with Crippen molar-refractivity contribution in [2.75, 3.05) is 0 Å². The molecule has 13 rings (SSSR count). The minimum absolute atomic E-state index is 0.444. The van der Waals surface area contributed by atoms with Gasteiger partial charge in [-0.15, -0.1) is 0 Å². The number of rotatable bonds is 4. The molecule has 62 heavy (non-hydrogen) atoms. The second kappa shape index (κ2) is 13.7. The van der Waals surface area contributed by atoms with Crippen LogP contribution in [-0.2, 0) is 5.41 Å². The molecule has 9 aromatic carbocycles. The third kappa shape index (κ3) is 5.17. The van der Waals surface area contributed by atoms with Crippen molar-refractivity contribution in [2.45, 2.75) is 15.2 Å². The Morgan fingerprint density at radius 1 is 0.290 bits per heavy atom. The zero-order chi connectivity index (χ0) is 40.8. The molecule has 3 nitrogen and oxygen atoms in total. The standard InChI is InChI=1S/C58H35N3S/c1-3-15-37(16-4-1)56-57(38-17-5-2-6-18-38)61-52-33-40(31-32-51(52)60-56)36-27-29-39(30-28-36)55-45-34-44-41-19-7-9-21-46(41)58(49(44)35-43(45)42-20-8-12-24-50(42)59-55)47-22-10-13-25-53(47)62-54-26-14-11-23-48(54)58/h1-35H. The molecule has 0 bridgehead atoms. The maximum absolute atomic E-state index is 5.42. The Balaban J connectivity index is 0.975. The Labute approximate surface area is 363 Å². The average molecular weight is 806 g/mol. The largest absolute Gasteiger partial charge is 0.247 e. The molecule has 0 fully saturated rings. The van der Waals surface area contributed by atoms with Crippen molar-refractivity contribution in [2.24, 2.45) is 0 Å². The summed E-state index contributed by atoms with van der Waals surface area (Å²) < 4.78 is 0. The summed E-state index contributed by atoms with van der Waals surface area (Å²) in [7, 11) is 0. The lowest BCUT2D eigenvalue weighted by atomic mass is 9.67. The van der Waals surface area contributed by atoms with Crippen LogP contribution in [0, 0.1) is 0 Å². The van der Waals surface area contributed by atoms with Gasteiger partial charge in [0.15, 0.2) is 0 Å². The number of fused-ring (bicyclic) bond motifs is 13. The number of nitrogens with zero attached hydrogens (tertiary/aromatic N) is 3. The number of para-hydroxylation sites is 1. The van der Waals surface area contributed by atoms with Crippen LogP contribution in [0.5, 0.6) is 0 Å². The van der Waals surface area contributed by atoms with Gasteiger partial charge in [-0.25, -0.2) is 15.0 Å². The highest BCUT2D eigenvalue weighted by Crippen LogP contribution is 2.62. The summed E-state index contributed by atoms with van der Waals surface area (Å²) in [6.07, 6.45) is 0. The van der Waals surface area contributed by atoms with Gasteiger partial charge in [0.1, 0.15) is 0 Å². The molecule has 2 aliphatic rings. The van der Waals surface area contributed by atoms with Crippen LogP contribution in [0.4, 0.5) is 0 Å². The summed E-state index contributed by atoms with van der Waals surface area (Å²) in [6.45, 7) is 0. The third-order valence-electron chi connectivity index (χ3n) is 12.9. The predicted octanol–water partition coefficient (Wildman–Crippen LogP) is 14.8. The zero-order valence-corrected chi connectivity index (χ0v) is 34.3. The fourth-order valence-corrected chi connectivity index (χ4v) is 11.4. The molecule has 0 atom stereocenters. The molecule has 0 radical (unpaired) electrons. The molecule has 1 aliphatic carbocycles. The van der Waals surface area contributed by atoms with E-state index >= 15 is 0 Å². The lowest BCUT2D eigenvalue weighted by Gasteiger charge is -2.39. The van der Waals surface area contributed by atoms with Crippen LogP contribution in [0.25, 0.3) is 88.7 Å². The Hall–Kier alpha value is -7.66. The van der Waals surface area contributed by atoms with Crippen LogP contribution >= 0.6 is 11.8 Å². The first-order valence-corrected chi connectivity index (χ1v) is 21.9. The van der Waals surface area contributed by atoms with E-state index in [4.69, 9.17) is 15.0 Å². The molecule has 1 spiro atoms. The van der Waals surface area contributed by atoms with Gasteiger partial charge in [-0.2, -0.15) is 0 Å². The van der Waals surface area contributed by atoms with E-state index in [-0.39, 0.29) is 0 Å². The van der Waals surface area contributed by atoms with E-state index in [1.807, 2.05) is 23.9 Å². The van der Waals surface area contributed by atoms with Gasteiger partial charge in [0.2, 0.25) is 0 Å². The molecule has 11 aromatic rings. The van der Waals surface area contributed by atoms with E-state index < -0.39 is 5.41 Å². The maximum Gasteiger partial charge on any atom is 0.0973 e. The number of benzene rings is 9. The quantitative estimate of drug-likeness (QED) is 0.166. The Morgan fingerprint density at radius 2 is 0.823 bits per heavy atom. The predicted molar refractivity (Wildman–Crippen MR) is 256 cm³/mol. The lowest BCUT2D eigenvalue weighted by Crippen LogP contribution is -2.31. The van der Waals surface area contributed by atoms with Gasteiger partial charge in [-0.05, 0) is 92.4 Å². The normalized spacial score (nSPS) is 13.2. The van der Waals surface area contributed by atoms with Gasteiger partial charge in [-0.1, -0.05) is 182 Å². The SMILES string of the molecule is c1ccc(-c2nc3ccc(-c4ccc(-c5nc6ccccc6c6cc7c(cc56)-c5ccccc5C75c6ccccc6Sc6ccccc65)cc4)cc3nc2-c2ccccc2)cc1. The number of pyridine rings is 1. The van der Waals surface area contributed by atoms with E-state index in [2.05, 4.69) is 200 Å². The lowest BCUT2D eigenvalue weighted by molar-refractivity contribution is 0.723. The van der Waals surface area contributed by atoms with Crippen LogP contribution in [0.2, 0.25) is 0 Å². The van der Waals surface area contributed by atoms with Gasteiger partial charge in [0.25, 0.3) is 0 Å². The second-order valence-corrected chi connectivity index (χ2v) is 17.3. The number of aromatic nitrogens is 3. The van der Waals surface area contributed by atoms with Crippen molar-refractivity contribution >= 4 is 44.5 Å². The van der Waals surface area contributed by atoms with Crippen molar-refractivity contribution in [1.29, 1.82) is 0 Å². The average Bonchev–Trinajstić information content (AvgIpc) is 3.62. The summed E-state index contributed by atoms with van der Waals surface area (Å²) in [6, 6.07) is 76.6. The molecular weight excluding hydrogens is 771 g/mol. The van der Waals surface area contributed by atoms with Gasteiger partial charge >= 0.3 is 0 Å². The molecular formula is C58H35N3S. The third-order valence-corrected chi connectivity index (χ3v) is 14.1. The van der Waals surface area contributed by atoms with Crippen LogP contribution < -0.4 is 0 Å². The molecule has 3 heterocycles. The fraction of sp³-hybridized carbons (Fsp3) is 0.0172. The molecule has 1 aliphatic heterocycles. The smallest absolute Gasteiger partial charge is 0.0973 e. The minimum Gasteiger partial charge on any atom is -0.247 e. The summed E-state index contributed by atoms with van der Waals surface area (Å²) in [5.41, 5.74) is 18.3. The monoisotopic (exact) mass is 805 g/mol. The molecule has 0 saturated heterocycles. The number of hydrogen-bond donors (Lipinski definition) is 0. The first-order valence-electron chi connectivity index (χ1n) is 21.1.